The van der Waals surface area contributed by atoms with Gasteiger partial charge in [0.1, 0.15) is 5.60 Å². The third-order valence-electron chi connectivity index (χ3n) is 3.88. The summed E-state index contributed by atoms with van der Waals surface area (Å²) >= 11 is 0. The molecule has 3 rings (SSSR count). The van der Waals surface area contributed by atoms with Gasteiger partial charge in [0, 0.05) is 17.7 Å². The van der Waals surface area contributed by atoms with Crippen LogP contribution in [0.3, 0.4) is 0 Å². The van der Waals surface area contributed by atoms with E-state index in [1.165, 1.54) is 24.3 Å². The molecule has 0 radical (unpaired) electrons. The molecule has 0 spiro atoms. The summed E-state index contributed by atoms with van der Waals surface area (Å²) in [5.41, 5.74) is -0.311. The maximum absolute atomic E-state index is 12.1. The summed E-state index contributed by atoms with van der Waals surface area (Å²) in [5, 5.41) is 20.7. The number of β-amino-alcohol motifs (C(OH)–C–C–N with tert-alkyl or cyclic N) is 1. The minimum atomic E-state index is -0.698. The molecule has 1 aliphatic carbocycles. The van der Waals surface area contributed by atoms with Crippen molar-refractivity contribution >= 4 is 11.6 Å². The lowest BCUT2D eigenvalue weighted by Gasteiger charge is -2.47. The SMILES string of the molecule is O=C(c1ccc([N+](=O)[O-])cc1)N1CC(O)(C2CC2)C1. The van der Waals surface area contributed by atoms with Crippen molar-refractivity contribution in [1.29, 1.82) is 0 Å². The van der Waals surface area contributed by atoms with E-state index in [-0.39, 0.29) is 11.6 Å². The average molecular weight is 262 g/mol. The lowest BCUT2D eigenvalue weighted by atomic mass is 9.88. The normalized spacial score (nSPS) is 20.8. The summed E-state index contributed by atoms with van der Waals surface area (Å²) < 4.78 is 0. The van der Waals surface area contributed by atoms with Gasteiger partial charge in [-0.3, -0.25) is 14.9 Å². The molecule has 19 heavy (non-hydrogen) atoms. The Labute approximate surface area is 109 Å². The minimum absolute atomic E-state index is 0.0327. The van der Waals surface area contributed by atoms with Gasteiger partial charge in [-0.05, 0) is 30.9 Å². The molecule has 1 heterocycles. The van der Waals surface area contributed by atoms with Crippen LogP contribution < -0.4 is 0 Å². The van der Waals surface area contributed by atoms with Gasteiger partial charge in [-0.2, -0.15) is 0 Å². The Morgan fingerprint density at radius 2 is 1.89 bits per heavy atom. The Kier molecular flexibility index (Phi) is 2.56. The quantitative estimate of drug-likeness (QED) is 0.655. The number of carbonyl (C=O) groups is 1. The van der Waals surface area contributed by atoms with Crippen LogP contribution >= 0.6 is 0 Å². The van der Waals surface area contributed by atoms with Gasteiger partial charge in [-0.15, -0.1) is 0 Å². The molecule has 6 nitrogen and oxygen atoms in total. The van der Waals surface area contributed by atoms with Crippen molar-refractivity contribution < 1.29 is 14.8 Å². The zero-order valence-electron chi connectivity index (χ0n) is 10.3. The zero-order chi connectivity index (χ0) is 13.6. The summed E-state index contributed by atoms with van der Waals surface area (Å²) in [6.45, 7) is 0.737. The van der Waals surface area contributed by atoms with Gasteiger partial charge in [0.25, 0.3) is 11.6 Å². The van der Waals surface area contributed by atoms with E-state index < -0.39 is 10.5 Å². The molecule has 0 unspecified atom stereocenters. The molecule has 1 saturated carbocycles. The number of aliphatic hydroxyl groups is 1. The Hall–Kier alpha value is -1.95. The van der Waals surface area contributed by atoms with E-state index in [9.17, 15) is 20.0 Å². The molecule has 2 fully saturated rings. The second-order valence-corrected chi connectivity index (χ2v) is 5.34. The number of likely N-dealkylation sites (tertiary alicyclic amines) is 1. The number of nitrogens with zero attached hydrogens (tertiary/aromatic N) is 2. The first kappa shape index (κ1) is 12.1. The second-order valence-electron chi connectivity index (χ2n) is 5.34. The third-order valence-corrected chi connectivity index (χ3v) is 3.88. The van der Waals surface area contributed by atoms with Gasteiger partial charge in [-0.25, -0.2) is 0 Å². The number of hydrogen-bond donors (Lipinski definition) is 1. The number of rotatable bonds is 3. The van der Waals surface area contributed by atoms with Crippen molar-refractivity contribution in [2.45, 2.75) is 18.4 Å². The fraction of sp³-hybridized carbons (Fsp3) is 0.462. The molecule has 0 bridgehead atoms. The van der Waals surface area contributed by atoms with Crippen molar-refractivity contribution in [3.63, 3.8) is 0 Å². The number of amides is 1. The van der Waals surface area contributed by atoms with E-state index in [0.29, 0.717) is 24.6 Å². The highest BCUT2D eigenvalue weighted by molar-refractivity contribution is 5.95. The van der Waals surface area contributed by atoms with Crippen LogP contribution in [0.2, 0.25) is 0 Å². The molecular weight excluding hydrogens is 248 g/mol. The lowest BCUT2D eigenvalue weighted by molar-refractivity contribution is -0.384. The van der Waals surface area contributed by atoms with Crippen molar-refractivity contribution in [3.05, 3.63) is 39.9 Å². The highest BCUT2D eigenvalue weighted by Crippen LogP contribution is 2.44. The summed E-state index contributed by atoms with van der Waals surface area (Å²) in [6, 6.07) is 5.55. The van der Waals surface area contributed by atoms with E-state index in [1.807, 2.05) is 0 Å². The predicted octanol–water partition coefficient (Wildman–Crippen LogP) is 1.19. The van der Waals surface area contributed by atoms with Crippen LogP contribution in [-0.2, 0) is 0 Å². The van der Waals surface area contributed by atoms with Crippen LogP contribution in [0.4, 0.5) is 5.69 Å². The minimum Gasteiger partial charge on any atom is -0.386 e. The number of hydrogen-bond acceptors (Lipinski definition) is 4. The van der Waals surface area contributed by atoms with E-state index >= 15 is 0 Å². The van der Waals surface area contributed by atoms with Crippen LogP contribution in [0.1, 0.15) is 23.2 Å². The van der Waals surface area contributed by atoms with Crippen molar-refractivity contribution in [3.8, 4) is 0 Å². The van der Waals surface area contributed by atoms with Crippen molar-refractivity contribution in [2.75, 3.05) is 13.1 Å². The molecule has 1 aromatic carbocycles. The molecule has 0 aromatic heterocycles. The summed E-state index contributed by atoms with van der Waals surface area (Å²) in [7, 11) is 0. The van der Waals surface area contributed by atoms with E-state index in [1.54, 1.807) is 4.90 Å². The van der Waals surface area contributed by atoms with E-state index in [2.05, 4.69) is 0 Å². The Morgan fingerprint density at radius 1 is 1.32 bits per heavy atom. The van der Waals surface area contributed by atoms with Crippen LogP contribution in [0.15, 0.2) is 24.3 Å². The Balaban J connectivity index is 1.66. The molecule has 1 aromatic rings. The third kappa shape index (κ3) is 2.08. The highest BCUT2D eigenvalue weighted by Gasteiger charge is 2.53. The standard InChI is InChI=1S/C13H14N2O4/c16-12(9-1-5-11(6-2-9)15(18)19)14-7-13(17,8-14)10-3-4-10/h1-2,5-6,10,17H,3-4,7-8H2. The molecule has 1 N–H and O–H groups in total. The van der Waals surface area contributed by atoms with Gasteiger partial charge in [0.15, 0.2) is 0 Å². The molecule has 1 amide bonds. The fourth-order valence-corrected chi connectivity index (χ4v) is 2.55. The maximum atomic E-state index is 12.1. The van der Waals surface area contributed by atoms with Crippen molar-refractivity contribution in [1.82, 2.24) is 4.90 Å². The molecule has 1 aliphatic heterocycles. The van der Waals surface area contributed by atoms with Gasteiger partial charge >= 0.3 is 0 Å². The van der Waals surface area contributed by atoms with E-state index in [4.69, 9.17) is 0 Å². The van der Waals surface area contributed by atoms with Crippen LogP contribution in [0.5, 0.6) is 0 Å². The number of nitro benzene ring substituents is 1. The molecular formula is C13H14N2O4. The molecule has 6 heteroatoms. The lowest BCUT2D eigenvalue weighted by Crippen LogP contribution is -2.64. The Morgan fingerprint density at radius 3 is 2.37 bits per heavy atom. The molecule has 100 valence electrons. The van der Waals surface area contributed by atoms with Crippen LogP contribution in [0, 0.1) is 16.0 Å². The van der Waals surface area contributed by atoms with Crippen LogP contribution in [-0.4, -0.2) is 39.5 Å². The van der Waals surface area contributed by atoms with Crippen LogP contribution in [0.25, 0.3) is 0 Å². The molecule has 2 aliphatic rings. The number of nitro groups is 1. The molecule has 1 saturated heterocycles. The summed E-state index contributed by atoms with van der Waals surface area (Å²) in [6.07, 6.45) is 2.08. The smallest absolute Gasteiger partial charge is 0.269 e. The summed E-state index contributed by atoms with van der Waals surface area (Å²) in [4.78, 5) is 23.7. The second kappa shape index (κ2) is 4.03. The number of benzene rings is 1. The monoisotopic (exact) mass is 262 g/mol. The number of non-ortho nitro benzene ring substituents is 1. The first-order chi connectivity index (χ1) is 8.99. The first-order valence-electron chi connectivity index (χ1n) is 6.26. The van der Waals surface area contributed by atoms with E-state index in [0.717, 1.165) is 12.8 Å². The first-order valence-corrected chi connectivity index (χ1v) is 6.26. The summed E-state index contributed by atoms with van der Waals surface area (Å²) in [5.74, 6) is 0.161. The fourth-order valence-electron chi connectivity index (χ4n) is 2.55. The Bertz CT molecular complexity index is 530. The van der Waals surface area contributed by atoms with Gasteiger partial charge in [-0.1, -0.05) is 0 Å². The largest absolute Gasteiger partial charge is 0.386 e. The predicted molar refractivity (Wildman–Crippen MR) is 66.7 cm³/mol. The highest BCUT2D eigenvalue weighted by atomic mass is 16.6. The average Bonchev–Trinajstić information content (AvgIpc) is 3.18. The molecule has 0 atom stereocenters. The van der Waals surface area contributed by atoms with Gasteiger partial charge in [0.2, 0.25) is 0 Å². The van der Waals surface area contributed by atoms with Crippen molar-refractivity contribution in [2.24, 2.45) is 5.92 Å². The number of carbonyl (C=O) groups excluding carboxylic acids is 1. The zero-order valence-corrected chi connectivity index (χ0v) is 10.3. The maximum Gasteiger partial charge on any atom is 0.269 e. The van der Waals surface area contributed by atoms with Gasteiger partial charge in [0.05, 0.1) is 18.0 Å². The van der Waals surface area contributed by atoms with Gasteiger partial charge < -0.3 is 10.0 Å². The topological polar surface area (TPSA) is 83.7 Å².